The van der Waals surface area contributed by atoms with E-state index in [1.807, 2.05) is 6.07 Å². The van der Waals surface area contributed by atoms with Crippen LogP contribution in [0.1, 0.15) is 11.1 Å². The van der Waals surface area contributed by atoms with Crippen molar-refractivity contribution >= 4 is 34.8 Å². The fourth-order valence-corrected chi connectivity index (χ4v) is 2.79. The van der Waals surface area contributed by atoms with Crippen molar-refractivity contribution in [2.24, 2.45) is 5.84 Å². The average molecular weight is 348 g/mol. The third-order valence-electron chi connectivity index (χ3n) is 3.22. The maximum Gasteiger partial charge on any atom is 0.145 e. The molecule has 0 saturated heterocycles. The molecule has 2 nitrogen and oxygen atoms in total. The van der Waals surface area contributed by atoms with E-state index in [1.54, 1.807) is 24.3 Å². The van der Waals surface area contributed by atoms with Gasteiger partial charge in [-0.3, -0.25) is 11.3 Å². The Morgan fingerprint density at radius 3 is 2.38 bits per heavy atom. The summed E-state index contributed by atoms with van der Waals surface area (Å²) in [6.07, 6.45) is 0.959. The first-order chi connectivity index (χ1) is 10.0. The second-order valence-electron chi connectivity index (χ2n) is 4.72. The van der Waals surface area contributed by atoms with Crippen molar-refractivity contribution in [1.29, 1.82) is 0 Å². The lowest BCUT2D eigenvalue weighted by Crippen LogP contribution is -2.38. The van der Waals surface area contributed by atoms with Gasteiger partial charge >= 0.3 is 0 Å². The van der Waals surface area contributed by atoms with Gasteiger partial charge in [-0.1, -0.05) is 53.0 Å². The molecular formula is C15H14Cl3FN2. The van der Waals surface area contributed by atoms with Crippen LogP contribution in [-0.4, -0.2) is 6.04 Å². The van der Waals surface area contributed by atoms with Gasteiger partial charge in [0.25, 0.3) is 0 Å². The zero-order valence-corrected chi connectivity index (χ0v) is 13.3. The molecule has 2 rings (SSSR count). The summed E-state index contributed by atoms with van der Waals surface area (Å²) in [4.78, 5) is 0. The van der Waals surface area contributed by atoms with E-state index in [4.69, 9.17) is 40.6 Å². The topological polar surface area (TPSA) is 38.0 Å². The third-order valence-corrected chi connectivity index (χ3v) is 4.09. The minimum atomic E-state index is -0.415. The lowest BCUT2D eigenvalue weighted by Gasteiger charge is -2.17. The second-order valence-corrected chi connectivity index (χ2v) is 5.97. The van der Waals surface area contributed by atoms with Crippen molar-refractivity contribution in [3.05, 3.63) is 68.4 Å². The second kappa shape index (κ2) is 7.43. The van der Waals surface area contributed by atoms with Crippen molar-refractivity contribution in [2.45, 2.75) is 18.9 Å². The molecule has 112 valence electrons. The quantitative estimate of drug-likeness (QED) is 0.621. The van der Waals surface area contributed by atoms with Crippen LogP contribution >= 0.6 is 34.8 Å². The molecule has 0 saturated carbocycles. The highest BCUT2D eigenvalue weighted by Crippen LogP contribution is 2.24. The van der Waals surface area contributed by atoms with Gasteiger partial charge in [0.1, 0.15) is 5.82 Å². The molecule has 2 aromatic rings. The predicted molar refractivity (Wildman–Crippen MR) is 86.4 cm³/mol. The first-order valence-electron chi connectivity index (χ1n) is 6.34. The van der Waals surface area contributed by atoms with Crippen LogP contribution in [0.4, 0.5) is 4.39 Å². The Morgan fingerprint density at radius 1 is 1.00 bits per heavy atom. The highest BCUT2D eigenvalue weighted by atomic mass is 35.5. The van der Waals surface area contributed by atoms with Crippen molar-refractivity contribution in [3.8, 4) is 0 Å². The Bertz CT molecular complexity index is 634. The smallest absolute Gasteiger partial charge is 0.145 e. The minimum Gasteiger partial charge on any atom is -0.271 e. The number of hydrogen-bond acceptors (Lipinski definition) is 2. The Kier molecular flexibility index (Phi) is 5.85. The van der Waals surface area contributed by atoms with Crippen LogP contribution < -0.4 is 11.3 Å². The van der Waals surface area contributed by atoms with Crippen molar-refractivity contribution in [3.63, 3.8) is 0 Å². The summed E-state index contributed by atoms with van der Waals surface area (Å²) < 4.78 is 13.9. The van der Waals surface area contributed by atoms with E-state index in [-0.39, 0.29) is 11.1 Å². The van der Waals surface area contributed by atoms with E-state index in [2.05, 4.69) is 5.43 Å². The summed E-state index contributed by atoms with van der Waals surface area (Å²) in [5, 5.41) is 1.24. The Balaban J connectivity index is 2.15. The molecule has 0 aliphatic heterocycles. The molecule has 0 radical (unpaired) electrons. The van der Waals surface area contributed by atoms with Gasteiger partial charge in [0.2, 0.25) is 0 Å². The third kappa shape index (κ3) is 4.31. The standard InChI is InChI=1S/C15H14Cl3FN2/c16-11-5-4-9(14(18)8-11)6-12(21-20)7-10-2-1-3-13(17)15(10)19/h1-5,8,12,21H,6-7,20H2. The number of nitrogens with two attached hydrogens (primary N) is 1. The van der Waals surface area contributed by atoms with E-state index in [9.17, 15) is 4.39 Å². The van der Waals surface area contributed by atoms with E-state index in [0.29, 0.717) is 28.5 Å². The van der Waals surface area contributed by atoms with Crippen LogP contribution in [-0.2, 0) is 12.8 Å². The van der Waals surface area contributed by atoms with Crippen molar-refractivity contribution < 1.29 is 4.39 Å². The van der Waals surface area contributed by atoms with Crippen LogP contribution in [0.25, 0.3) is 0 Å². The van der Waals surface area contributed by atoms with Crippen LogP contribution in [0.2, 0.25) is 15.1 Å². The van der Waals surface area contributed by atoms with Gasteiger partial charge in [-0.2, -0.15) is 0 Å². The molecule has 0 heterocycles. The highest BCUT2D eigenvalue weighted by Gasteiger charge is 2.15. The first-order valence-corrected chi connectivity index (χ1v) is 7.47. The summed E-state index contributed by atoms with van der Waals surface area (Å²) in [6.45, 7) is 0. The van der Waals surface area contributed by atoms with Gasteiger partial charge < -0.3 is 0 Å². The average Bonchev–Trinajstić information content (AvgIpc) is 2.45. The molecule has 0 bridgehead atoms. The fourth-order valence-electron chi connectivity index (χ4n) is 2.11. The van der Waals surface area contributed by atoms with Crippen molar-refractivity contribution in [1.82, 2.24) is 5.43 Å². The molecule has 0 aromatic heterocycles. The molecule has 0 aliphatic rings. The van der Waals surface area contributed by atoms with E-state index in [1.165, 1.54) is 6.07 Å². The zero-order chi connectivity index (χ0) is 15.4. The zero-order valence-electron chi connectivity index (χ0n) is 11.0. The molecule has 0 aliphatic carbocycles. The van der Waals surface area contributed by atoms with Crippen LogP contribution in [0.3, 0.4) is 0 Å². The normalized spacial score (nSPS) is 12.4. The van der Waals surface area contributed by atoms with E-state index < -0.39 is 5.82 Å². The summed E-state index contributed by atoms with van der Waals surface area (Å²) in [7, 11) is 0. The van der Waals surface area contributed by atoms with Crippen LogP contribution in [0.5, 0.6) is 0 Å². The molecule has 21 heavy (non-hydrogen) atoms. The number of hydrazine groups is 1. The summed E-state index contributed by atoms with van der Waals surface area (Å²) in [6, 6.07) is 10.0. The van der Waals surface area contributed by atoms with Crippen LogP contribution in [0.15, 0.2) is 36.4 Å². The molecule has 1 unspecified atom stereocenters. The lowest BCUT2D eigenvalue weighted by molar-refractivity contribution is 0.506. The van der Waals surface area contributed by atoms with Crippen LogP contribution in [0, 0.1) is 5.82 Å². The van der Waals surface area contributed by atoms with Gasteiger partial charge in [0.15, 0.2) is 0 Å². The number of hydrogen-bond donors (Lipinski definition) is 2. The molecule has 3 N–H and O–H groups in total. The first kappa shape index (κ1) is 16.5. The van der Waals surface area contributed by atoms with Gasteiger partial charge in [-0.15, -0.1) is 0 Å². The number of halogens is 4. The Morgan fingerprint density at radius 2 is 1.71 bits per heavy atom. The molecule has 2 aromatic carbocycles. The molecule has 1 atom stereocenters. The molecule has 6 heteroatoms. The monoisotopic (exact) mass is 346 g/mol. The summed E-state index contributed by atoms with van der Waals surface area (Å²) in [5.74, 6) is 5.15. The van der Waals surface area contributed by atoms with Gasteiger partial charge in [0.05, 0.1) is 5.02 Å². The lowest BCUT2D eigenvalue weighted by atomic mass is 9.99. The Labute approximate surface area is 138 Å². The number of nitrogens with one attached hydrogen (secondary N) is 1. The molecule has 0 fully saturated rings. The molecule has 0 spiro atoms. The Hall–Kier alpha value is -0.840. The minimum absolute atomic E-state index is 0.104. The maximum absolute atomic E-state index is 13.9. The number of rotatable bonds is 5. The summed E-state index contributed by atoms with van der Waals surface area (Å²) >= 11 is 17.8. The predicted octanol–water partition coefficient (Wildman–Crippen LogP) is 4.40. The van der Waals surface area contributed by atoms with Gasteiger partial charge in [-0.25, -0.2) is 4.39 Å². The SMILES string of the molecule is NNC(Cc1ccc(Cl)cc1Cl)Cc1cccc(Cl)c1F. The molecular weight excluding hydrogens is 334 g/mol. The summed E-state index contributed by atoms with van der Waals surface area (Å²) in [5.41, 5.74) is 4.09. The maximum atomic E-state index is 13.9. The highest BCUT2D eigenvalue weighted by molar-refractivity contribution is 6.35. The molecule has 0 amide bonds. The van der Waals surface area contributed by atoms with Gasteiger partial charge in [-0.05, 0) is 42.2 Å². The number of benzene rings is 2. The van der Waals surface area contributed by atoms with E-state index in [0.717, 1.165) is 5.56 Å². The van der Waals surface area contributed by atoms with Gasteiger partial charge in [0, 0.05) is 16.1 Å². The van der Waals surface area contributed by atoms with E-state index >= 15 is 0 Å². The van der Waals surface area contributed by atoms with Crippen molar-refractivity contribution in [2.75, 3.05) is 0 Å². The largest absolute Gasteiger partial charge is 0.271 e. The fraction of sp³-hybridized carbons (Fsp3) is 0.200.